The summed E-state index contributed by atoms with van der Waals surface area (Å²) in [4.78, 5) is 7.17. The van der Waals surface area contributed by atoms with Crippen molar-refractivity contribution in [2.45, 2.75) is 27.3 Å². The first-order valence-electron chi connectivity index (χ1n) is 7.14. The first-order chi connectivity index (χ1) is 9.30. The summed E-state index contributed by atoms with van der Waals surface area (Å²) in [5.74, 6) is 1.12. The molecule has 0 fully saturated rings. The molecule has 0 saturated heterocycles. The van der Waals surface area contributed by atoms with Crippen molar-refractivity contribution in [1.82, 2.24) is 10.3 Å². The first-order valence-corrected chi connectivity index (χ1v) is 7.14. The molecule has 102 valence electrons. The van der Waals surface area contributed by atoms with Crippen LogP contribution >= 0.6 is 0 Å². The molecule has 0 amide bonds. The van der Waals surface area contributed by atoms with Gasteiger partial charge in [-0.3, -0.25) is 0 Å². The number of nitrogens with one attached hydrogen (secondary N) is 1. The lowest BCUT2D eigenvalue weighted by molar-refractivity contribution is 0.718. The van der Waals surface area contributed by atoms with E-state index in [1.54, 1.807) is 0 Å². The molecule has 0 bridgehead atoms. The molecule has 1 aromatic heterocycles. The summed E-state index contributed by atoms with van der Waals surface area (Å²) in [7, 11) is 0. The molecule has 0 saturated carbocycles. The molecule has 0 aliphatic carbocycles. The largest absolute Gasteiger partial charge is 0.357 e. The van der Waals surface area contributed by atoms with Crippen LogP contribution in [0.2, 0.25) is 0 Å². The summed E-state index contributed by atoms with van der Waals surface area (Å²) in [6.07, 6.45) is 0. The summed E-state index contributed by atoms with van der Waals surface area (Å²) >= 11 is 0. The zero-order valence-corrected chi connectivity index (χ0v) is 12.1. The lowest BCUT2D eigenvalue weighted by Gasteiger charge is -2.23. The van der Waals surface area contributed by atoms with Gasteiger partial charge in [-0.25, -0.2) is 4.98 Å². The smallest absolute Gasteiger partial charge is 0.133 e. The van der Waals surface area contributed by atoms with E-state index in [0.29, 0.717) is 0 Å². The minimum atomic E-state index is 0.875. The highest BCUT2D eigenvalue weighted by molar-refractivity contribution is 5.81. The Kier molecular flexibility index (Phi) is 4.74. The number of fused-ring (bicyclic) bond motifs is 1. The highest BCUT2D eigenvalue weighted by Gasteiger charge is 2.11. The van der Waals surface area contributed by atoms with Crippen molar-refractivity contribution in [2.24, 2.45) is 0 Å². The molecule has 1 heterocycles. The van der Waals surface area contributed by atoms with Crippen molar-refractivity contribution in [3.8, 4) is 0 Å². The number of hydrogen-bond donors (Lipinski definition) is 1. The number of para-hydroxylation sites is 1. The number of nitrogens with zero attached hydrogens (tertiary/aromatic N) is 2. The van der Waals surface area contributed by atoms with Gasteiger partial charge in [0.05, 0.1) is 5.52 Å². The van der Waals surface area contributed by atoms with Crippen molar-refractivity contribution in [2.75, 3.05) is 24.5 Å². The van der Waals surface area contributed by atoms with Gasteiger partial charge in [0.1, 0.15) is 5.82 Å². The molecule has 0 aliphatic rings. The number of pyridine rings is 1. The monoisotopic (exact) mass is 257 g/mol. The van der Waals surface area contributed by atoms with Gasteiger partial charge in [-0.05, 0) is 32.5 Å². The van der Waals surface area contributed by atoms with Gasteiger partial charge >= 0.3 is 0 Å². The Labute approximate surface area is 115 Å². The van der Waals surface area contributed by atoms with Gasteiger partial charge in [-0.1, -0.05) is 25.1 Å². The van der Waals surface area contributed by atoms with E-state index in [0.717, 1.165) is 37.5 Å². The molecular formula is C16H23N3. The zero-order valence-electron chi connectivity index (χ0n) is 12.1. The van der Waals surface area contributed by atoms with Crippen LogP contribution in [0.4, 0.5) is 5.82 Å². The van der Waals surface area contributed by atoms with Gasteiger partial charge in [0.2, 0.25) is 0 Å². The van der Waals surface area contributed by atoms with Gasteiger partial charge in [0, 0.05) is 30.6 Å². The minimum Gasteiger partial charge on any atom is -0.357 e. The van der Waals surface area contributed by atoms with Crippen LogP contribution in [0, 0.1) is 0 Å². The Balaban J connectivity index is 2.49. The average Bonchev–Trinajstić information content (AvgIpc) is 2.46. The van der Waals surface area contributed by atoms with Crippen LogP contribution in [-0.4, -0.2) is 24.6 Å². The predicted molar refractivity (Wildman–Crippen MR) is 82.7 cm³/mol. The Bertz CT molecular complexity index is 533. The Hall–Kier alpha value is -1.61. The van der Waals surface area contributed by atoms with E-state index in [9.17, 15) is 0 Å². The first kappa shape index (κ1) is 13.8. The lowest BCUT2D eigenvalue weighted by Crippen LogP contribution is -2.26. The van der Waals surface area contributed by atoms with Crippen LogP contribution in [-0.2, 0) is 6.54 Å². The van der Waals surface area contributed by atoms with Crippen LogP contribution in [0.25, 0.3) is 10.9 Å². The van der Waals surface area contributed by atoms with E-state index in [1.807, 2.05) is 6.07 Å². The third kappa shape index (κ3) is 3.04. The second-order valence-electron chi connectivity index (χ2n) is 4.62. The molecule has 1 N–H and O–H groups in total. The molecular weight excluding hydrogens is 234 g/mol. The standard InChI is InChI=1S/C16H23N3/c1-4-17-12-14-11-13-9-7-8-10-15(13)18-16(14)19(5-2)6-3/h7-11,17H,4-6,12H2,1-3H3. The van der Waals surface area contributed by atoms with Crippen LogP contribution < -0.4 is 10.2 Å². The van der Waals surface area contributed by atoms with Crippen molar-refractivity contribution in [3.63, 3.8) is 0 Å². The molecule has 3 heteroatoms. The number of aromatic nitrogens is 1. The number of benzene rings is 1. The van der Waals surface area contributed by atoms with E-state index < -0.39 is 0 Å². The summed E-state index contributed by atoms with van der Waals surface area (Å²) in [5, 5.41) is 4.62. The fourth-order valence-electron chi connectivity index (χ4n) is 2.34. The molecule has 19 heavy (non-hydrogen) atoms. The SMILES string of the molecule is CCNCc1cc2ccccc2nc1N(CC)CC. The molecule has 0 radical (unpaired) electrons. The van der Waals surface area contributed by atoms with Crippen LogP contribution in [0.3, 0.4) is 0 Å². The van der Waals surface area contributed by atoms with Gasteiger partial charge in [-0.2, -0.15) is 0 Å². The highest BCUT2D eigenvalue weighted by atomic mass is 15.2. The second kappa shape index (κ2) is 6.53. The summed E-state index contributed by atoms with van der Waals surface area (Å²) in [6.45, 7) is 10.3. The second-order valence-corrected chi connectivity index (χ2v) is 4.62. The molecule has 0 aliphatic heterocycles. The van der Waals surface area contributed by atoms with Crippen molar-refractivity contribution < 1.29 is 0 Å². The predicted octanol–water partition coefficient (Wildman–Crippen LogP) is 3.19. The summed E-state index contributed by atoms with van der Waals surface area (Å²) in [6, 6.07) is 10.6. The molecule has 3 nitrogen and oxygen atoms in total. The lowest BCUT2D eigenvalue weighted by atomic mass is 10.1. The van der Waals surface area contributed by atoms with E-state index in [4.69, 9.17) is 4.98 Å². The van der Waals surface area contributed by atoms with Gasteiger partial charge in [0.25, 0.3) is 0 Å². The van der Waals surface area contributed by atoms with Gasteiger partial charge in [-0.15, -0.1) is 0 Å². The van der Waals surface area contributed by atoms with Gasteiger partial charge in [0.15, 0.2) is 0 Å². The third-order valence-electron chi connectivity index (χ3n) is 3.41. The van der Waals surface area contributed by atoms with Crippen LogP contribution in [0.15, 0.2) is 30.3 Å². The maximum Gasteiger partial charge on any atom is 0.133 e. The minimum absolute atomic E-state index is 0.875. The molecule has 0 spiro atoms. The fraction of sp³-hybridized carbons (Fsp3) is 0.438. The van der Waals surface area contributed by atoms with E-state index in [-0.39, 0.29) is 0 Å². The van der Waals surface area contributed by atoms with Crippen LogP contribution in [0.5, 0.6) is 0 Å². The molecule has 2 aromatic rings. The maximum absolute atomic E-state index is 4.86. The van der Waals surface area contributed by atoms with Crippen LogP contribution in [0.1, 0.15) is 26.3 Å². The van der Waals surface area contributed by atoms with Gasteiger partial charge < -0.3 is 10.2 Å². The molecule has 0 atom stereocenters. The Morgan fingerprint density at radius 3 is 2.53 bits per heavy atom. The molecule has 1 aromatic carbocycles. The average molecular weight is 257 g/mol. The third-order valence-corrected chi connectivity index (χ3v) is 3.41. The summed E-state index contributed by atoms with van der Waals surface area (Å²) in [5.41, 5.74) is 2.36. The van der Waals surface area contributed by atoms with Crippen molar-refractivity contribution >= 4 is 16.7 Å². The molecule has 0 unspecified atom stereocenters. The zero-order chi connectivity index (χ0) is 13.7. The number of hydrogen-bond acceptors (Lipinski definition) is 3. The van der Waals surface area contributed by atoms with E-state index >= 15 is 0 Å². The van der Waals surface area contributed by atoms with E-state index in [2.05, 4.69) is 55.3 Å². The number of rotatable bonds is 6. The quantitative estimate of drug-likeness (QED) is 0.861. The Morgan fingerprint density at radius 2 is 1.84 bits per heavy atom. The van der Waals surface area contributed by atoms with Crippen molar-refractivity contribution in [3.05, 3.63) is 35.9 Å². The number of anilines is 1. The maximum atomic E-state index is 4.86. The summed E-state index contributed by atoms with van der Waals surface area (Å²) < 4.78 is 0. The molecule has 2 rings (SSSR count). The fourth-order valence-corrected chi connectivity index (χ4v) is 2.34. The normalized spacial score (nSPS) is 10.9. The van der Waals surface area contributed by atoms with E-state index in [1.165, 1.54) is 10.9 Å². The van der Waals surface area contributed by atoms with Crippen molar-refractivity contribution in [1.29, 1.82) is 0 Å². The highest BCUT2D eigenvalue weighted by Crippen LogP contribution is 2.23. The topological polar surface area (TPSA) is 28.2 Å². The Morgan fingerprint density at radius 1 is 1.11 bits per heavy atom.